The fourth-order valence-electron chi connectivity index (χ4n) is 4.58. The number of epoxide rings is 1. The summed E-state index contributed by atoms with van der Waals surface area (Å²) in [4.78, 5) is 22.4. The lowest BCUT2D eigenvalue weighted by molar-refractivity contribution is -0.220. The second-order valence-electron chi connectivity index (χ2n) is 6.40. The average Bonchev–Trinajstić information content (AvgIpc) is 3.15. The smallest absolute Gasteiger partial charge is 0.218 e. The van der Waals surface area contributed by atoms with Gasteiger partial charge in [0, 0.05) is 14.2 Å². The predicted molar refractivity (Wildman–Crippen MR) is 82.9 cm³/mol. The molecule has 0 amide bonds. The number of methoxy groups -OCH3 is 2. The van der Waals surface area contributed by atoms with Crippen LogP contribution in [0.5, 0.6) is 0 Å². The van der Waals surface area contributed by atoms with Crippen LogP contribution < -0.4 is 0 Å². The number of Topliss-reactive ketones (excluding diaryl/α,β-unsaturated/α-hetero) is 2. The molecule has 0 aromatic heterocycles. The summed E-state index contributed by atoms with van der Waals surface area (Å²) in [5, 5.41) is -0.0733. The summed E-state index contributed by atoms with van der Waals surface area (Å²) >= 11 is 26.2. The number of carbonyl (C=O) groups excluding carboxylic acids is 2. The molecule has 3 fully saturated rings. The van der Waals surface area contributed by atoms with Gasteiger partial charge in [0.25, 0.3) is 0 Å². The Morgan fingerprint density at radius 1 is 1.00 bits per heavy atom. The van der Waals surface area contributed by atoms with Crippen molar-refractivity contribution in [2.24, 2.45) is 11.8 Å². The van der Waals surface area contributed by atoms with Crippen LogP contribution >= 0.6 is 46.4 Å². The van der Waals surface area contributed by atoms with Gasteiger partial charge in [-0.3, -0.25) is 9.59 Å². The lowest BCUT2D eigenvalue weighted by atomic mass is 9.67. The number of hydrogen-bond donors (Lipinski definition) is 0. The lowest BCUT2D eigenvalue weighted by Crippen LogP contribution is -2.58. The highest BCUT2D eigenvalue weighted by molar-refractivity contribution is 6.53. The number of fused-ring (bicyclic) bond motifs is 6. The number of ether oxygens (including phenoxy) is 3. The highest BCUT2D eigenvalue weighted by Gasteiger charge is 2.91. The van der Waals surface area contributed by atoms with Crippen molar-refractivity contribution in [1.82, 2.24) is 0 Å². The molecule has 2 saturated carbocycles. The van der Waals surface area contributed by atoms with E-state index in [9.17, 15) is 9.59 Å². The zero-order valence-corrected chi connectivity index (χ0v) is 15.3. The van der Waals surface area contributed by atoms with Gasteiger partial charge in [-0.1, -0.05) is 23.2 Å². The van der Waals surface area contributed by atoms with Crippen LogP contribution in [0.25, 0.3) is 0 Å². The van der Waals surface area contributed by atoms with Gasteiger partial charge >= 0.3 is 0 Å². The Bertz CT molecular complexity index is 703. The van der Waals surface area contributed by atoms with Gasteiger partial charge in [-0.05, 0) is 6.92 Å². The second kappa shape index (κ2) is 4.26. The Hall–Kier alpha value is 0.120. The quantitative estimate of drug-likeness (QED) is 0.403. The van der Waals surface area contributed by atoms with Crippen LogP contribution in [-0.2, 0) is 23.8 Å². The number of halogens is 4. The molecule has 4 rings (SSSR count). The van der Waals surface area contributed by atoms with Crippen molar-refractivity contribution in [3.63, 3.8) is 0 Å². The SMILES string of the molecule is COC1(OC)C2(Cl)C(Cl)=C(Cl)C1(Cl)C1C(=O)[C@]3(C)O[C@@H]3C(=O)C12. The fourth-order valence-corrected chi connectivity index (χ4v) is 6.77. The third-order valence-corrected chi connectivity index (χ3v) is 8.31. The molecule has 23 heavy (non-hydrogen) atoms. The Morgan fingerprint density at radius 3 is 1.96 bits per heavy atom. The molecular formula is C14H12Cl4O5. The Kier molecular flexibility index (Phi) is 3.07. The van der Waals surface area contributed by atoms with E-state index in [2.05, 4.69) is 0 Å². The van der Waals surface area contributed by atoms with Gasteiger partial charge in [-0.2, -0.15) is 0 Å². The van der Waals surface area contributed by atoms with E-state index in [1.54, 1.807) is 6.92 Å². The van der Waals surface area contributed by atoms with Crippen LogP contribution in [0.15, 0.2) is 10.1 Å². The average molecular weight is 402 g/mol. The van der Waals surface area contributed by atoms with Gasteiger partial charge in [0.15, 0.2) is 23.3 Å². The Balaban J connectivity index is 2.05. The van der Waals surface area contributed by atoms with Gasteiger partial charge in [-0.15, -0.1) is 23.2 Å². The Labute approximate surface area is 152 Å². The van der Waals surface area contributed by atoms with Gasteiger partial charge in [0.1, 0.15) is 9.75 Å². The molecule has 5 nitrogen and oxygen atoms in total. The summed E-state index contributed by atoms with van der Waals surface area (Å²) < 4.78 is 16.4. The zero-order valence-electron chi connectivity index (χ0n) is 12.3. The second-order valence-corrected chi connectivity index (χ2v) is 8.35. The molecule has 1 saturated heterocycles. The first kappa shape index (κ1) is 16.6. The maximum Gasteiger partial charge on any atom is 0.218 e. The van der Waals surface area contributed by atoms with Gasteiger partial charge in [0.2, 0.25) is 5.79 Å². The van der Waals surface area contributed by atoms with E-state index >= 15 is 0 Å². The number of carbonyl (C=O) groups is 2. The number of alkyl halides is 2. The predicted octanol–water partition coefficient (Wildman–Crippen LogP) is 2.19. The molecule has 1 aliphatic heterocycles. The normalized spacial score (nSPS) is 52.7. The van der Waals surface area contributed by atoms with E-state index in [-0.39, 0.29) is 21.6 Å². The van der Waals surface area contributed by atoms with Crippen molar-refractivity contribution in [1.29, 1.82) is 0 Å². The Morgan fingerprint density at radius 2 is 1.48 bits per heavy atom. The van der Waals surface area contributed by atoms with Gasteiger partial charge in [0.05, 0.1) is 21.9 Å². The summed E-state index contributed by atoms with van der Waals surface area (Å²) in [7, 11) is 2.64. The maximum atomic E-state index is 13.0. The fraction of sp³-hybridized carbons (Fsp3) is 0.714. The molecular weight excluding hydrogens is 390 g/mol. The van der Waals surface area contributed by atoms with Crippen LogP contribution in [0.1, 0.15) is 6.92 Å². The molecule has 0 radical (unpaired) electrons. The van der Waals surface area contributed by atoms with Crippen LogP contribution in [0.4, 0.5) is 0 Å². The summed E-state index contributed by atoms with van der Waals surface area (Å²) in [5.41, 5.74) is -1.20. The highest BCUT2D eigenvalue weighted by atomic mass is 35.5. The minimum Gasteiger partial charge on any atom is -0.350 e. The molecule has 4 unspecified atom stereocenters. The van der Waals surface area contributed by atoms with Gasteiger partial charge in [-0.25, -0.2) is 0 Å². The molecule has 0 aromatic carbocycles. The molecule has 0 aromatic rings. The highest BCUT2D eigenvalue weighted by Crippen LogP contribution is 2.76. The number of hydrogen-bond acceptors (Lipinski definition) is 5. The number of ketones is 2. The monoisotopic (exact) mass is 400 g/mol. The van der Waals surface area contributed by atoms with E-state index in [0.29, 0.717) is 0 Å². The molecule has 4 aliphatic rings. The molecule has 2 bridgehead atoms. The first-order valence-corrected chi connectivity index (χ1v) is 8.41. The van der Waals surface area contributed by atoms with E-state index in [4.69, 9.17) is 60.6 Å². The minimum absolute atomic E-state index is 0.0359. The maximum absolute atomic E-state index is 13.0. The molecule has 0 spiro atoms. The summed E-state index contributed by atoms with van der Waals surface area (Å²) in [6.45, 7) is 1.56. The van der Waals surface area contributed by atoms with E-state index in [0.717, 1.165) is 0 Å². The van der Waals surface area contributed by atoms with E-state index in [1.165, 1.54) is 14.2 Å². The van der Waals surface area contributed by atoms with E-state index in [1.807, 2.05) is 0 Å². The summed E-state index contributed by atoms with van der Waals surface area (Å²) in [6.07, 6.45) is -0.846. The first-order chi connectivity index (χ1) is 10.6. The molecule has 6 atom stereocenters. The zero-order chi connectivity index (χ0) is 17.2. The minimum atomic E-state index is -1.74. The van der Waals surface area contributed by atoms with Gasteiger partial charge < -0.3 is 14.2 Å². The third-order valence-electron chi connectivity index (χ3n) is 5.70. The van der Waals surface area contributed by atoms with Crippen LogP contribution in [-0.4, -0.2) is 53.0 Å². The first-order valence-electron chi connectivity index (χ1n) is 6.89. The molecule has 3 aliphatic carbocycles. The van der Waals surface area contributed by atoms with Crippen LogP contribution in [0.3, 0.4) is 0 Å². The van der Waals surface area contributed by atoms with Crippen LogP contribution in [0.2, 0.25) is 0 Å². The van der Waals surface area contributed by atoms with Crippen molar-refractivity contribution in [3.8, 4) is 0 Å². The summed E-state index contributed by atoms with van der Waals surface area (Å²) in [6, 6.07) is 0. The topological polar surface area (TPSA) is 65.1 Å². The molecule has 9 heteroatoms. The largest absolute Gasteiger partial charge is 0.350 e. The van der Waals surface area contributed by atoms with Crippen molar-refractivity contribution in [2.75, 3.05) is 14.2 Å². The molecule has 126 valence electrons. The van der Waals surface area contributed by atoms with Crippen LogP contribution in [0, 0.1) is 11.8 Å². The van der Waals surface area contributed by atoms with Crippen molar-refractivity contribution < 1.29 is 23.8 Å². The van der Waals surface area contributed by atoms with Crippen molar-refractivity contribution in [3.05, 3.63) is 10.1 Å². The molecule has 0 N–H and O–H groups in total. The standard InChI is InChI=1S/C14H12Cl4O5/c1-11-9(20)5-4(6(19)10(11)23-11)12(17)7(15)8(16)13(5,18)14(12,21-2)22-3/h4-5,10H,1-3H3/t4?,5?,10-,11+,12?,13?/m1/s1. The number of rotatable bonds is 2. The molecule has 1 heterocycles. The van der Waals surface area contributed by atoms with Crippen molar-refractivity contribution in [2.45, 2.75) is 34.2 Å². The third kappa shape index (κ3) is 1.30. The summed E-state index contributed by atoms with van der Waals surface area (Å²) in [5.74, 6) is -4.51. The van der Waals surface area contributed by atoms with E-state index < -0.39 is 39.1 Å². The lowest BCUT2D eigenvalue weighted by Gasteiger charge is -2.41. The van der Waals surface area contributed by atoms with Crippen molar-refractivity contribution >= 4 is 58.0 Å².